The van der Waals surface area contributed by atoms with Gasteiger partial charge in [-0.05, 0) is 19.7 Å². The standard InChI is InChI=1S/C7H9F3N2/c1-6(3-4-11-2)12-5-7(8,9)10/h3-4H,2,5H2,1H3/b4-3-,12-6?. The van der Waals surface area contributed by atoms with Crippen molar-refractivity contribution < 1.29 is 13.2 Å². The number of halogens is 3. The first kappa shape index (κ1) is 10.9. The lowest BCUT2D eigenvalue weighted by Gasteiger charge is -2.00. The van der Waals surface area contributed by atoms with Crippen LogP contribution in [-0.4, -0.2) is 25.2 Å². The molecule has 0 aromatic carbocycles. The van der Waals surface area contributed by atoms with E-state index in [2.05, 4.69) is 16.7 Å². The first-order valence-corrected chi connectivity index (χ1v) is 3.16. The van der Waals surface area contributed by atoms with Crippen LogP contribution in [0.15, 0.2) is 22.3 Å². The Balaban J connectivity index is 4.01. The second-order valence-electron chi connectivity index (χ2n) is 2.07. The molecule has 0 aliphatic carbocycles. The van der Waals surface area contributed by atoms with Crippen molar-refractivity contribution in [1.29, 1.82) is 0 Å². The molecule has 0 unspecified atom stereocenters. The molecular formula is C7H9F3N2. The van der Waals surface area contributed by atoms with Gasteiger partial charge in [0.05, 0.1) is 0 Å². The number of allylic oxidation sites excluding steroid dienone is 1. The van der Waals surface area contributed by atoms with E-state index in [4.69, 9.17) is 0 Å². The van der Waals surface area contributed by atoms with Gasteiger partial charge in [0.25, 0.3) is 0 Å². The molecule has 0 bridgehead atoms. The fourth-order valence-electron chi connectivity index (χ4n) is 0.428. The van der Waals surface area contributed by atoms with Gasteiger partial charge in [0.2, 0.25) is 0 Å². The van der Waals surface area contributed by atoms with E-state index in [1.807, 2.05) is 0 Å². The maximum Gasteiger partial charge on any atom is 0.407 e. The Kier molecular flexibility index (Phi) is 4.25. The Labute approximate surface area is 68.5 Å². The fourth-order valence-corrected chi connectivity index (χ4v) is 0.428. The van der Waals surface area contributed by atoms with Crippen LogP contribution in [0.1, 0.15) is 6.92 Å². The van der Waals surface area contributed by atoms with Crippen LogP contribution in [0, 0.1) is 0 Å². The highest BCUT2D eigenvalue weighted by molar-refractivity contribution is 5.92. The van der Waals surface area contributed by atoms with E-state index in [1.165, 1.54) is 19.2 Å². The molecule has 2 nitrogen and oxygen atoms in total. The maximum atomic E-state index is 11.6. The van der Waals surface area contributed by atoms with E-state index in [0.29, 0.717) is 0 Å². The highest BCUT2D eigenvalue weighted by Crippen LogP contribution is 2.14. The number of hydrogen-bond donors (Lipinski definition) is 0. The van der Waals surface area contributed by atoms with Gasteiger partial charge in [-0.3, -0.25) is 9.98 Å². The zero-order chi connectivity index (χ0) is 9.61. The molecule has 0 aromatic heterocycles. The molecule has 0 fully saturated rings. The molecule has 0 atom stereocenters. The summed E-state index contributed by atoms with van der Waals surface area (Å²) in [4.78, 5) is 6.58. The first-order valence-electron chi connectivity index (χ1n) is 3.16. The Bertz CT molecular complexity index is 203. The van der Waals surface area contributed by atoms with Gasteiger partial charge in [0.15, 0.2) is 0 Å². The van der Waals surface area contributed by atoms with Crippen LogP contribution in [0.2, 0.25) is 0 Å². The summed E-state index contributed by atoms with van der Waals surface area (Å²) in [5.41, 5.74) is 0.278. The highest BCUT2D eigenvalue weighted by atomic mass is 19.4. The Morgan fingerprint density at radius 3 is 2.50 bits per heavy atom. The maximum absolute atomic E-state index is 11.6. The number of nitrogens with zero attached hydrogens (tertiary/aromatic N) is 2. The van der Waals surface area contributed by atoms with Crippen molar-refractivity contribution in [3.05, 3.63) is 12.3 Å². The third-order valence-corrected chi connectivity index (χ3v) is 0.929. The second-order valence-corrected chi connectivity index (χ2v) is 2.07. The SMILES string of the molecule is C=N/C=C\C(C)=NCC(F)(F)F. The summed E-state index contributed by atoms with van der Waals surface area (Å²) < 4.78 is 34.7. The van der Waals surface area contributed by atoms with Gasteiger partial charge in [-0.15, -0.1) is 0 Å². The molecule has 0 rings (SSSR count). The zero-order valence-corrected chi connectivity index (χ0v) is 6.60. The molecule has 0 radical (unpaired) electrons. The molecule has 5 heteroatoms. The van der Waals surface area contributed by atoms with Crippen molar-refractivity contribution in [2.75, 3.05) is 6.54 Å². The van der Waals surface area contributed by atoms with E-state index in [0.717, 1.165) is 0 Å². The topological polar surface area (TPSA) is 24.7 Å². The van der Waals surface area contributed by atoms with E-state index < -0.39 is 12.7 Å². The van der Waals surface area contributed by atoms with Crippen LogP contribution in [-0.2, 0) is 0 Å². The van der Waals surface area contributed by atoms with Crippen LogP contribution in [0.25, 0.3) is 0 Å². The first-order chi connectivity index (χ1) is 5.45. The van der Waals surface area contributed by atoms with Crippen LogP contribution in [0.3, 0.4) is 0 Å². The summed E-state index contributed by atoms with van der Waals surface area (Å²) in [6.45, 7) is 3.44. The monoisotopic (exact) mass is 178 g/mol. The summed E-state index contributed by atoms with van der Waals surface area (Å²) in [6.07, 6.45) is -1.59. The predicted molar refractivity (Wildman–Crippen MR) is 42.7 cm³/mol. The molecule has 0 heterocycles. The van der Waals surface area contributed by atoms with Crippen molar-refractivity contribution in [3.63, 3.8) is 0 Å². The normalized spacial score (nSPS) is 13.8. The van der Waals surface area contributed by atoms with Crippen LogP contribution >= 0.6 is 0 Å². The zero-order valence-electron chi connectivity index (χ0n) is 6.60. The minimum Gasteiger partial charge on any atom is -0.281 e. The van der Waals surface area contributed by atoms with Crippen LogP contribution < -0.4 is 0 Å². The average molecular weight is 178 g/mol. The van der Waals surface area contributed by atoms with Gasteiger partial charge in [-0.2, -0.15) is 13.2 Å². The van der Waals surface area contributed by atoms with Gasteiger partial charge >= 0.3 is 6.18 Å². The number of aliphatic imine (C=N–C) groups is 2. The molecule has 0 aliphatic heterocycles. The number of rotatable bonds is 3. The van der Waals surface area contributed by atoms with Crippen molar-refractivity contribution in [1.82, 2.24) is 0 Å². The molecule has 0 saturated heterocycles. The van der Waals surface area contributed by atoms with Crippen molar-refractivity contribution in [2.45, 2.75) is 13.1 Å². The quantitative estimate of drug-likeness (QED) is 0.592. The summed E-state index contributed by atoms with van der Waals surface area (Å²) in [5.74, 6) is 0. The van der Waals surface area contributed by atoms with Crippen LogP contribution in [0.4, 0.5) is 13.2 Å². The van der Waals surface area contributed by atoms with Crippen molar-refractivity contribution in [2.24, 2.45) is 9.98 Å². The van der Waals surface area contributed by atoms with E-state index in [1.54, 1.807) is 0 Å². The van der Waals surface area contributed by atoms with Gasteiger partial charge < -0.3 is 0 Å². The van der Waals surface area contributed by atoms with Gasteiger partial charge in [-0.1, -0.05) is 0 Å². The Morgan fingerprint density at radius 2 is 2.08 bits per heavy atom. The molecule has 0 N–H and O–H groups in total. The number of hydrogen-bond acceptors (Lipinski definition) is 2. The average Bonchev–Trinajstić information content (AvgIpc) is 1.95. The molecule has 0 aromatic rings. The van der Waals surface area contributed by atoms with Gasteiger partial charge in [0, 0.05) is 11.9 Å². The third kappa shape index (κ3) is 6.98. The summed E-state index contributed by atoms with van der Waals surface area (Å²) in [7, 11) is 0. The van der Waals surface area contributed by atoms with E-state index in [9.17, 15) is 13.2 Å². The van der Waals surface area contributed by atoms with Gasteiger partial charge in [-0.25, -0.2) is 0 Å². The lowest BCUT2D eigenvalue weighted by atomic mass is 10.4. The molecular weight excluding hydrogens is 169 g/mol. The summed E-state index contributed by atoms with van der Waals surface area (Å²) >= 11 is 0. The molecule has 0 amide bonds. The molecule has 68 valence electrons. The number of alkyl halides is 3. The van der Waals surface area contributed by atoms with Crippen molar-refractivity contribution >= 4 is 12.4 Å². The summed E-state index contributed by atoms with van der Waals surface area (Å²) in [5, 5.41) is 0. The minimum absolute atomic E-state index is 0.278. The third-order valence-electron chi connectivity index (χ3n) is 0.929. The van der Waals surface area contributed by atoms with E-state index in [-0.39, 0.29) is 5.71 Å². The molecule has 0 saturated carbocycles. The Hall–Kier alpha value is -1.13. The second kappa shape index (κ2) is 4.69. The largest absolute Gasteiger partial charge is 0.407 e. The van der Waals surface area contributed by atoms with Crippen LogP contribution in [0.5, 0.6) is 0 Å². The minimum atomic E-state index is -4.24. The molecule has 0 aliphatic rings. The fraction of sp³-hybridized carbons (Fsp3) is 0.429. The van der Waals surface area contributed by atoms with E-state index >= 15 is 0 Å². The Morgan fingerprint density at radius 1 is 1.50 bits per heavy atom. The molecule has 12 heavy (non-hydrogen) atoms. The van der Waals surface area contributed by atoms with Gasteiger partial charge in [0.1, 0.15) is 6.54 Å². The lowest BCUT2D eigenvalue weighted by Crippen LogP contribution is -2.12. The predicted octanol–water partition coefficient (Wildman–Crippen LogP) is 2.22. The molecule has 0 spiro atoms. The lowest BCUT2D eigenvalue weighted by molar-refractivity contribution is -0.118. The highest BCUT2D eigenvalue weighted by Gasteiger charge is 2.26. The summed E-state index contributed by atoms with van der Waals surface area (Å²) in [6, 6.07) is 0. The smallest absolute Gasteiger partial charge is 0.281 e. The van der Waals surface area contributed by atoms with Crippen molar-refractivity contribution in [3.8, 4) is 0 Å².